The van der Waals surface area contributed by atoms with Gasteiger partial charge in [0.25, 0.3) is 0 Å². The number of piperidine rings is 1. The molecule has 1 fully saturated rings. The third-order valence-corrected chi connectivity index (χ3v) is 3.43. The number of nitro groups is 1. The number of carbonyl (C=O) groups is 1. The Morgan fingerprint density at radius 1 is 1.48 bits per heavy atom. The summed E-state index contributed by atoms with van der Waals surface area (Å²) in [5, 5.41) is 13.2. The van der Waals surface area contributed by atoms with E-state index in [1.165, 1.54) is 6.07 Å². The minimum atomic E-state index is -0.928. The molecule has 8 heteroatoms. The minimum absolute atomic E-state index is 0.184. The van der Waals surface area contributed by atoms with Crippen molar-refractivity contribution in [1.29, 1.82) is 0 Å². The molecule has 3 N–H and O–H groups in total. The summed E-state index contributed by atoms with van der Waals surface area (Å²) >= 11 is 0. The Kier molecular flexibility index (Phi) is 4.81. The molecule has 1 heterocycles. The maximum atomic E-state index is 13.2. The van der Waals surface area contributed by atoms with Crippen LogP contribution in [-0.4, -0.2) is 41.4 Å². The second-order valence-corrected chi connectivity index (χ2v) is 5.09. The number of anilines is 1. The summed E-state index contributed by atoms with van der Waals surface area (Å²) in [6.45, 7) is 1.69. The number of hydrogen-bond acceptors (Lipinski definition) is 5. The maximum Gasteiger partial charge on any atom is 0.306 e. The molecule has 1 aromatic carbocycles. The van der Waals surface area contributed by atoms with Crippen LogP contribution in [0.2, 0.25) is 0 Å². The molecule has 0 atom stereocenters. The molecular formula is C13H17FN4O3. The summed E-state index contributed by atoms with van der Waals surface area (Å²) in [5.74, 6) is -1.21. The van der Waals surface area contributed by atoms with E-state index in [1.54, 1.807) is 0 Å². The van der Waals surface area contributed by atoms with Gasteiger partial charge in [0, 0.05) is 30.9 Å². The molecular weight excluding hydrogens is 279 g/mol. The number of benzene rings is 1. The third-order valence-electron chi connectivity index (χ3n) is 3.43. The molecule has 1 aliphatic rings. The average Bonchev–Trinajstić information content (AvgIpc) is 2.43. The van der Waals surface area contributed by atoms with Gasteiger partial charge in [0.2, 0.25) is 11.7 Å². The van der Waals surface area contributed by atoms with Crippen molar-refractivity contribution < 1.29 is 14.1 Å². The molecule has 0 aliphatic carbocycles. The second-order valence-electron chi connectivity index (χ2n) is 5.09. The Bertz CT molecular complexity index is 544. The van der Waals surface area contributed by atoms with Crippen LogP contribution in [0.15, 0.2) is 18.2 Å². The molecule has 0 spiro atoms. The van der Waals surface area contributed by atoms with Crippen LogP contribution in [0.25, 0.3) is 0 Å². The van der Waals surface area contributed by atoms with Gasteiger partial charge < -0.3 is 11.1 Å². The van der Waals surface area contributed by atoms with Crippen molar-refractivity contribution >= 4 is 17.3 Å². The van der Waals surface area contributed by atoms with Crippen LogP contribution >= 0.6 is 0 Å². The Hall–Kier alpha value is -2.06. The van der Waals surface area contributed by atoms with Crippen molar-refractivity contribution in [3.05, 3.63) is 34.1 Å². The van der Waals surface area contributed by atoms with Gasteiger partial charge in [-0.2, -0.15) is 4.39 Å². The van der Waals surface area contributed by atoms with Gasteiger partial charge in [-0.05, 0) is 25.0 Å². The summed E-state index contributed by atoms with van der Waals surface area (Å²) in [6, 6.07) is 3.46. The van der Waals surface area contributed by atoms with E-state index < -0.39 is 16.4 Å². The van der Waals surface area contributed by atoms with Gasteiger partial charge in [-0.3, -0.25) is 19.8 Å². The van der Waals surface area contributed by atoms with Gasteiger partial charge in [-0.25, -0.2) is 0 Å². The van der Waals surface area contributed by atoms with Gasteiger partial charge in [-0.1, -0.05) is 0 Å². The zero-order valence-corrected chi connectivity index (χ0v) is 11.4. The topological polar surface area (TPSA) is 102 Å². The first-order valence-corrected chi connectivity index (χ1v) is 6.67. The fraction of sp³-hybridized carbons (Fsp3) is 0.462. The lowest BCUT2D eigenvalue weighted by atomic mass is 10.1. The summed E-state index contributed by atoms with van der Waals surface area (Å²) < 4.78 is 13.2. The number of halogens is 1. The first-order chi connectivity index (χ1) is 9.95. The lowest BCUT2D eigenvalue weighted by Gasteiger charge is -2.29. The van der Waals surface area contributed by atoms with Crippen LogP contribution in [-0.2, 0) is 4.79 Å². The first-order valence-electron chi connectivity index (χ1n) is 6.67. The van der Waals surface area contributed by atoms with Gasteiger partial charge in [0.05, 0.1) is 11.5 Å². The SMILES string of the molecule is NC1CCN(CC(=O)Nc2ccc(F)c([N+](=O)[O-])c2)CC1. The smallest absolute Gasteiger partial charge is 0.306 e. The molecule has 0 unspecified atom stereocenters. The van der Waals surface area contributed by atoms with E-state index in [4.69, 9.17) is 5.73 Å². The maximum absolute atomic E-state index is 13.2. The van der Waals surface area contributed by atoms with E-state index in [0.29, 0.717) is 0 Å². The highest BCUT2D eigenvalue weighted by molar-refractivity contribution is 5.92. The molecule has 0 saturated carbocycles. The summed E-state index contributed by atoms with van der Waals surface area (Å²) in [5.41, 5.74) is 5.34. The van der Waals surface area contributed by atoms with Crippen molar-refractivity contribution in [2.45, 2.75) is 18.9 Å². The van der Waals surface area contributed by atoms with E-state index in [-0.39, 0.29) is 24.2 Å². The number of nitrogens with two attached hydrogens (primary N) is 1. The van der Waals surface area contributed by atoms with E-state index in [1.807, 2.05) is 4.90 Å². The molecule has 1 aromatic rings. The molecule has 114 valence electrons. The van der Waals surface area contributed by atoms with Crippen LogP contribution in [0.3, 0.4) is 0 Å². The van der Waals surface area contributed by atoms with E-state index in [0.717, 1.165) is 38.1 Å². The quantitative estimate of drug-likeness (QED) is 0.640. The normalized spacial score (nSPS) is 16.7. The van der Waals surface area contributed by atoms with E-state index in [9.17, 15) is 19.3 Å². The van der Waals surface area contributed by atoms with Gasteiger partial charge in [0.15, 0.2) is 0 Å². The Labute approximate surface area is 121 Å². The van der Waals surface area contributed by atoms with Gasteiger partial charge in [0.1, 0.15) is 0 Å². The number of nitrogens with zero attached hydrogens (tertiary/aromatic N) is 2. The monoisotopic (exact) mass is 296 g/mol. The van der Waals surface area contributed by atoms with Crippen molar-refractivity contribution in [2.75, 3.05) is 25.0 Å². The number of amides is 1. The predicted octanol–water partition coefficient (Wildman–Crippen LogP) is 1.10. The molecule has 0 radical (unpaired) electrons. The van der Waals surface area contributed by atoms with Crippen LogP contribution in [0, 0.1) is 15.9 Å². The molecule has 0 aromatic heterocycles. The van der Waals surface area contributed by atoms with Crippen molar-refractivity contribution in [2.24, 2.45) is 5.73 Å². The van der Waals surface area contributed by atoms with Crippen molar-refractivity contribution in [3.8, 4) is 0 Å². The Morgan fingerprint density at radius 3 is 2.76 bits per heavy atom. The highest BCUT2D eigenvalue weighted by Gasteiger charge is 2.19. The van der Waals surface area contributed by atoms with E-state index >= 15 is 0 Å². The zero-order chi connectivity index (χ0) is 15.4. The van der Waals surface area contributed by atoms with Crippen molar-refractivity contribution in [3.63, 3.8) is 0 Å². The van der Waals surface area contributed by atoms with Crippen LogP contribution in [0.4, 0.5) is 15.8 Å². The molecule has 1 aliphatic heterocycles. The standard InChI is InChI=1S/C13H17FN4O3/c14-11-2-1-10(7-12(11)18(20)21)16-13(19)8-17-5-3-9(15)4-6-17/h1-2,7,9H,3-6,8,15H2,(H,16,19). The number of carbonyl (C=O) groups excluding carboxylic acids is 1. The highest BCUT2D eigenvalue weighted by atomic mass is 19.1. The molecule has 1 amide bonds. The average molecular weight is 296 g/mol. The third kappa shape index (κ3) is 4.20. The number of rotatable bonds is 4. The fourth-order valence-corrected chi connectivity index (χ4v) is 2.24. The fourth-order valence-electron chi connectivity index (χ4n) is 2.24. The predicted molar refractivity (Wildman–Crippen MR) is 75.3 cm³/mol. The van der Waals surface area contributed by atoms with Gasteiger partial charge >= 0.3 is 5.69 Å². The van der Waals surface area contributed by atoms with Crippen LogP contribution in [0.1, 0.15) is 12.8 Å². The Balaban J connectivity index is 1.93. The zero-order valence-electron chi connectivity index (χ0n) is 11.4. The molecule has 21 heavy (non-hydrogen) atoms. The lowest BCUT2D eigenvalue weighted by Crippen LogP contribution is -2.43. The first kappa shape index (κ1) is 15.3. The second kappa shape index (κ2) is 6.59. The number of hydrogen-bond donors (Lipinski definition) is 2. The van der Waals surface area contributed by atoms with Crippen LogP contribution < -0.4 is 11.1 Å². The summed E-state index contributed by atoms with van der Waals surface area (Å²) in [4.78, 5) is 23.7. The molecule has 0 bridgehead atoms. The van der Waals surface area contributed by atoms with Gasteiger partial charge in [-0.15, -0.1) is 0 Å². The molecule has 1 saturated heterocycles. The largest absolute Gasteiger partial charge is 0.328 e. The molecule has 2 rings (SSSR count). The lowest BCUT2D eigenvalue weighted by molar-refractivity contribution is -0.387. The Morgan fingerprint density at radius 2 is 2.14 bits per heavy atom. The van der Waals surface area contributed by atoms with E-state index in [2.05, 4.69) is 5.32 Å². The number of nitrogens with one attached hydrogen (secondary N) is 1. The molecule has 7 nitrogen and oxygen atoms in total. The summed E-state index contributed by atoms with van der Waals surface area (Å²) in [6.07, 6.45) is 1.69. The van der Waals surface area contributed by atoms with Crippen molar-refractivity contribution in [1.82, 2.24) is 4.90 Å². The van der Waals surface area contributed by atoms with Crippen LogP contribution in [0.5, 0.6) is 0 Å². The number of nitro benzene ring substituents is 1. The minimum Gasteiger partial charge on any atom is -0.328 e. The summed E-state index contributed by atoms with van der Waals surface area (Å²) in [7, 11) is 0. The highest BCUT2D eigenvalue weighted by Crippen LogP contribution is 2.21. The number of likely N-dealkylation sites (tertiary alicyclic amines) is 1.